The second-order valence-corrected chi connectivity index (χ2v) is 5.46. The van der Waals surface area contributed by atoms with Crippen LogP contribution in [-0.4, -0.2) is 6.61 Å². The van der Waals surface area contributed by atoms with Gasteiger partial charge in [0.15, 0.2) is 0 Å². The number of para-hydroxylation sites is 1. The third-order valence-electron chi connectivity index (χ3n) is 3.72. The number of hydrogen-bond donors (Lipinski definition) is 2. The smallest absolute Gasteiger partial charge is 0.127 e. The molecule has 5 heteroatoms. The molecule has 1 aliphatic heterocycles. The van der Waals surface area contributed by atoms with Crippen molar-refractivity contribution >= 4 is 11.6 Å². The van der Waals surface area contributed by atoms with Crippen LogP contribution in [0.2, 0.25) is 5.02 Å². The maximum absolute atomic E-state index is 13.2. The van der Waals surface area contributed by atoms with Gasteiger partial charge in [0.25, 0.3) is 0 Å². The summed E-state index contributed by atoms with van der Waals surface area (Å²) in [5.41, 5.74) is 5.57. The van der Waals surface area contributed by atoms with Gasteiger partial charge < -0.3 is 4.74 Å². The molecule has 2 aromatic rings. The Balaban J connectivity index is 2.08. The average Bonchev–Trinajstić information content (AvgIpc) is 2.50. The molecule has 0 amide bonds. The molecule has 1 aliphatic rings. The lowest BCUT2D eigenvalue weighted by Gasteiger charge is -2.25. The lowest BCUT2D eigenvalue weighted by atomic mass is 9.94. The number of hydrazine groups is 1. The SMILES string of the molecule is NNC(c1ccc(F)cc1Cl)c1cccc2c1OCCC2. The van der Waals surface area contributed by atoms with Crippen LogP contribution < -0.4 is 16.0 Å². The minimum Gasteiger partial charge on any atom is -0.493 e. The molecule has 110 valence electrons. The maximum Gasteiger partial charge on any atom is 0.127 e. The third-order valence-corrected chi connectivity index (χ3v) is 4.04. The van der Waals surface area contributed by atoms with Crippen LogP contribution in [-0.2, 0) is 6.42 Å². The molecule has 3 rings (SSSR count). The molecule has 3 nitrogen and oxygen atoms in total. The molecule has 2 aromatic carbocycles. The molecule has 1 heterocycles. The zero-order valence-corrected chi connectivity index (χ0v) is 12.2. The summed E-state index contributed by atoms with van der Waals surface area (Å²) in [4.78, 5) is 0. The molecule has 0 saturated heterocycles. The Labute approximate surface area is 127 Å². The van der Waals surface area contributed by atoms with Gasteiger partial charge >= 0.3 is 0 Å². The van der Waals surface area contributed by atoms with Gasteiger partial charge in [0.05, 0.1) is 12.6 Å². The molecular formula is C16H16ClFN2O. The summed E-state index contributed by atoms with van der Waals surface area (Å²) in [5, 5.41) is 0.339. The first kappa shape index (κ1) is 14.3. The highest BCUT2D eigenvalue weighted by Gasteiger charge is 2.23. The predicted octanol–water partition coefficient (Wildman–Crippen LogP) is 3.36. The first-order valence-electron chi connectivity index (χ1n) is 6.86. The number of nitrogens with two attached hydrogens (primary N) is 1. The van der Waals surface area contributed by atoms with Gasteiger partial charge in [-0.05, 0) is 36.1 Å². The Morgan fingerprint density at radius 2 is 2.10 bits per heavy atom. The maximum atomic E-state index is 13.2. The van der Waals surface area contributed by atoms with Gasteiger partial charge in [-0.15, -0.1) is 0 Å². The number of ether oxygens (including phenoxy) is 1. The van der Waals surface area contributed by atoms with E-state index in [4.69, 9.17) is 22.2 Å². The van der Waals surface area contributed by atoms with E-state index in [9.17, 15) is 4.39 Å². The van der Waals surface area contributed by atoms with E-state index in [-0.39, 0.29) is 11.9 Å². The molecule has 0 fully saturated rings. The lowest BCUT2D eigenvalue weighted by Crippen LogP contribution is -2.30. The molecule has 0 aromatic heterocycles. The van der Waals surface area contributed by atoms with Gasteiger partial charge in [-0.2, -0.15) is 0 Å². The van der Waals surface area contributed by atoms with Crippen molar-refractivity contribution < 1.29 is 9.13 Å². The van der Waals surface area contributed by atoms with Crippen molar-refractivity contribution in [2.75, 3.05) is 6.61 Å². The van der Waals surface area contributed by atoms with E-state index < -0.39 is 0 Å². The predicted molar refractivity (Wildman–Crippen MR) is 80.8 cm³/mol. The van der Waals surface area contributed by atoms with Gasteiger partial charge in [0.2, 0.25) is 0 Å². The summed E-state index contributed by atoms with van der Waals surface area (Å²) in [6.07, 6.45) is 1.99. The highest BCUT2D eigenvalue weighted by Crippen LogP contribution is 2.37. The number of fused-ring (bicyclic) bond motifs is 1. The van der Waals surface area contributed by atoms with E-state index in [0.29, 0.717) is 11.6 Å². The molecule has 1 atom stereocenters. The third kappa shape index (κ3) is 2.75. The van der Waals surface area contributed by atoms with Gasteiger partial charge in [-0.25, -0.2) is 9.82 Å². The van der Waals surface area contributed by atoms with E-state index in [0.717, 1.165) is 35.3 Å². The molecule has 0 radical (unpaired) electrons. The Hall–Kier alpha value is -1.62. The van der Waals surface area contributed by atoms with E-state index in [1.165, 1.54) is 12.1 Å². The summed E-state index contributed by atoms with van der Waals surface area (Å²) in [5.74, 6) is 6.20. The van der Waals surface area contributed by atoms with Crippen LogP contribution in [0.1, 0.15) is 29.2 Å². The number of hydrogen-bond acceptors (Lipinski definition) is 3. The van der Waals surface area contributed by atoms with Crippen LogP contribution in [0.3, 0.4) is 0 Å². The summed E-state index contributed by atoms with van der Waals surface area (Å²) in [6.45, 7) is 0.693. The Bertz CT molecular complexity index is 663. The average molecular weight is 307 g/mol. The minimum absolute atomic E-state index is 0.339. The molecule has 0 aliphatic carbocycles. The molecule has 21 heavy (non-hydrogen) atoms. The summed E-state index contributed by atoms with van der Waals surface area (Å²) < 4.78 is 19.0. The molecular weight excluding hydrogens is 291 g/mol. The molecule has 3 N–H and O–H groups in total. The van der Waals surface area contributed by atoms with E-state index in [2.05, 4.69) is 11.5 Å². The van der Waals surface area contributed by atoms with Crippen LogP contribution in [0.15, 0.2) is 36.4 Å². The normalized spacial score (nSPS) is 15.2. The second kappa shape index (κ2) is 6.02. The fraction of sp³-hybridized carbons (Fsp3) is 0.250. The van der Waals surface area contributed by atoms with Crippen molar-refractivity contribution in [3.8, 4) is 5.75 Å². The van der Waals surface area contributed by atoms with Crippen LogP contribution in [0.5, 0.6) is 5.75 Å². The minimum atomic E-state index is -0.370. The number of benzene rings is 2. The number of nitrogens with one attached hydrogen (secondary N) is 1. The van der Waals surface area contributed by atoms with Gasteiger partial charge in [0.1, 0.15) is 11.6 Å². The van der Waals surface area contributed by atoms with Crippen molar-refractivity contribution in [3.63, 3.8) is 0 Å². The van der Waals surface area contributed by atoms with Crippen LogP contribution in [0.25, 0.3) is 0 Å². The fourth-order valence-electron chi connectivity index (χ4n) is 2.72. The first-order valence-corrected chi connectivity index (χ1v) is 7.24. The lowest BCUT2D eigenvalue weighted by molar-refractivity contribution is 0.283. The number of aryl methyl sites for hydroxylation is 1. The van der Waals surface area contributed by atoms with E-state index in [1.807, 2.05) is 12.1 Å². The van der Waals surface area contributed by atoms with E-state index in [1.54, 1.807) is 6.07 Å². The van der Waals surface area contributed by atoms with Crippen molar-refractivity contribution in [1.82, 2.24) is 5.43 Å². The van der Waals surface area contributed by atoms with Gasteiger partial charge in [0, 0.05) is 10.6 Å². The van der Waals surface area contributed by atoms with Crippen LogP contribution in [0, 0.1) is 5.82 Å². The largest absolute Gasteiger partial charge is 0.493 e. The summed E-state index contributed by atoms with van der Waals surface area (Å²) in [7, 11) is 0. The van der Waals surface area contributed by atoms with Gasteiger partial charge in [-0.1, -0.05) is 35.9 Å². The fourth-order valence-corrected chi connectivity index (χ4v) is 3.00. The first-order chi connectivity index (χ1) is 10.2. The Kier molecular flexibility index (Phi) is 4.10. The Morgan fingerprint density at radius 3 is 2.86 bits per heavy atom. The standard InChI is InChI=1S/C16H16ClFN2O/c17-14-9-11(18)6-7-12(14)15(20-19)13-5-1-3-10-4-2-8-21-16(10)13/h1,3,5-7,9,15,20H,2,4,8,19H2. The summed E-state index contributed by atoms with van der Waals surface area (Å²) in [6, 6.07) is 9.95. The second-order valence-electron chi connectivity index (χ2n) is 5.05. The monoisotopic (exact) mass is 306 g/mol. The van der Waals surface area contributed by atoms with Crippen molar-refractivity contribution in [2.24, 2.45) is 5.84 Å². The van der Waals surface area contributed by atoms with Crippen LogP contribution >= 0.6 is 11.6 Å². The van der Waals surface area contributed by atoms with Crippen LogP contribution in [0.4, 0.5) is 4.39 Å². The highest BCUT2D eigenvalue weighted by molar-refractivity contribution is 6.31. The molecule has 1 unspecified atom stereocenters. The molecule has 0 bridgehead atoms. The van der Waals surface area contributed by atoms with Crippen molar-refractivity contribution in [1.29, 1.82) is 0 Å². The molecule has 0 spiro atoms. The number of rotatable bonds is 3. The zero-order chi connectivity index (χ0) is 14.8. The van der Waals surface area contributed by atoms with E-state index >= 15 is 0 Å². The number of halogens is 2. The van der Waals surface area contributed by atoms with Crippen molar-refractivity contribution in [3.05, 3.63) is 63.9 Å². The zero-order valence-electron chi connectivity index (χ0n) is 11.4. The Morgan fingerprint density at radius 1 is 1.24 bits per heavy atom. The van der Waals surface area contributed by atoms with Crippen molar-refractivity contribution in [2.45, 2.75) is 18.9 Å². The molecule has 0 saturated carbocycles. The topological polar surface area (TPSA) is 47.3 Å². The van der Waals surface area contributed by atoms with Gasteiger partial charge in [-0.3, -0.25) is 5.84 Å². The summed E-state index contributed by atoms with van der Waals surface area (Å²) >= 11 is 6.16. The highest BCUT2D eigenvalue weighted by atomic mass is 35.5. The quantitative estimate of drug-likeness (QED) is 0.675.